The van der Waals surface area contributed by atoms with Crippen LogP contribution in [0.2, 0.25) is 5.02 Å². The lowest BCUT2D eigenvalue weighted by Gasteiger charge is -2.24. The topological polar surface area (TPSA) is 24.1 Å². The van der Waals surface area contributed by atoms with Crippen LogP contribution in [0.3, 0.4) is 0 Å². The molecule has 0 aromatic heterocycles. The van der Waals surface area contributed by atoms with Crippen LogP contribution in [0.15, 0.2) is 24.3 Å². The molecule has 2 aliphatic carbocycles. The van der Waals surface area contributed by atoms with E-state index in [1.54, 1.807) is 0 Å². The second kappa shape index (κ2) is 5.68. The lowest BCUT2D eigenvalue weighted by atomic mass is 9.96. The van der Waals surface area contributed by atoms with Crippen LogP contribution < -0.4 is 10.6 Å². The molecule has 0 spiro atoms. The first kappa shape index (κ1) is 13.2. The Morgan fingerprint density at radius 1 is 1.32 bits per heavy atom. The van der Waals surface area contributed by atoms with Gasteiger partial charge in [0.25, 0.3) is 0 Å². The second-order valence-electron chi connectivity index (χ2n) is 5.74. The van der Waals surface area contributed by atoms with Crippen LogP contribution >= 0.6 is 23.8 Å². The molecule has 1 aromatic carbocycles. The third kappa shape index (κ3) is 3.21. The second-order valence-corrected chi connectivity index (χ2v) is 6.58. The van der Waals surface area contributed by atoms with Crippen molar-refractivity contribution in [2.45, 2.75) is 38.3 Å². The van der Waals surface area contributed by atoms with E-state index < -0.39 is 0 Å². The van der Waals surface area contributed by atoms with E-state index in [-0.39, 0.29) is 0 Å². The van der Waals surface area contributed by atoms with Crippen LogP contribution in [0.4, 0.5) is 0 Å². The first-order valence-corrected chi connectivity index (χ1v) is 7.78. The Balaban J connectivity index is 1.47. The molecule has 2 nitrogen and oxygen atoms in total. The maximum Gasteiger partial charge on any atom is 0.166 e. The van der Waals surface area contributed by atoms with Crippen molar-refractivity contribution in [2.75, 3.05) is 0 Å². The molecule has 0 amide bonds. The molecule has 0 heterocycles. The molecular formula is C15H19ClN2S. The van der Waals surface area contributed by atoms with Gasteiger partial charge in [-0.2, -0.15) is 0 Å². The van der Waals surface area contributed by atoms with Gasteiger partial charge in [-0.25, -0.2) is 0 Å². The van der Waals surface area contributed by atoms with Gasteiger partial charge in [0, 0.05) is 17.6 Å². The number of rotatable bonds is 3. The average molecular weight is 295 g/mol. The summed E-state index contributed by atoms with van der Waals surface area (Å²) in [5.74, 6) is 1.79. The first-order valence-electron chi connectivity index (χ1n) is 6.99. The lowest BCUT2D eigenvalue weighted by Crippen LogP contribution is -2.43. The average Bonchev–Trinajstić information content (AvgIpc) is 2.99. The van der Waals surface area contributed by atoms with Gasteiger partial charge in [0.05, 0.1) is 0 Å². The van der Waals surface area contributed by atoms with Gasteiger partial charge in [0.15, 0.2) is 5.11 Å². The summed E-state index contributed by atoms with van der Waals surface area (Å²) in [6, 6.07) is 8.47. The summed E-state index contributed by atoms with van der Waals surface area (Å²) in [4.78, 5) is 0. The summed E-state index contributed by atoms with van der Waals surface area (Å²) in [5, 5.41) is 8.30. The molecule has 2 saturated carbocycles. The van der Waals surface area contributed by atoms with E-state index in [1.807, 2.05) is 18.2 Å². The third-order valence-corrected chi connectivity index (χ3v) is 4.89. The first-order chi connectivity index (χ1) is 9.20. The van der Waals surface area contributed by atoms with Crippen LogP contribution in [0.5, 0.6) is 0 Å². The Morgan fingerprint density at radius 2 is 2.21 bits per heavy atom. The standard InChI is InChI=1S/C15H19ClN2S/c16-13-3-1-2-11(7-13)9-17-15(19)18-14-8-10-4-5-12(14)6-10/h1-3,7,10,12,14H,4-6,8-9H2,(H2,17,18,19)/t10-,12-,14+/m1/s1. The number of thiocarbonyl (C=S) groups is 1. The fourth-order valence-electron chi connectivity index (χ4n) is 3.47. The molecule has 2 bridgehead atoms. The summed E-state index contributed by atoms with van der Waals surface area (Å²) in [5.41, 5.74) is 1.16. The van der Waals surface area contributed by atoms with Crippen LogP contribution in [-0.4, -0.2) is 11.2 Å². The van der Waals surface area contributed by atoms with Crippen molar-refractivity contribution in [2.24, 2.45) is 11.8 Å². The fraction of sp³-hybridized carbons (Fsp3) is 0.533. The van der Waals surface area contributed by atoms with E-state index >= 15 is 0 Å². The van der Waals surface area contributed by atoms with Gasteiger partial charge in [-0.05, 0) is 61.0 Å². The van der Waals surface area contributed by atoms with Crippen molar-refractivity contribution in [3.05, 3.63) is 34.9 Å². The normalized spacial score (nSPS) is 28.4. The molecule has 0 saturated heterocycles. The quantitative estimate of drug-likeness (QED) is 0.835. The lowest BCUT2D eigenvalue weighted by molar-refractivity contribution is 0.389. The number of fused-ring (bicyclic) bond motifs is 2. The number of hydrogen-bond donors (Lipinski definition) is 2. The van der Waals surface area contributed by atoms with Gasteiger partial charge in [-0.3, -0.25) is 0 Å². The molecule has 3 atom stereocenters. The number of benzene rings is 1. The van der Waals surface area contributed by atoms with E-state index in [0.717, 1.165) is 34.1 Å². The van der Waals surface area contributed by atoms with Gasteiger partial charge < -0.3 is 10.6 Å². The van der Waals surface area contributed by atoms with E-state index in [0.29, 0.717) is 6.04 Å². The maximum atomic E-state index is 5.96. The largest absolute Gasteiger partial charge is 0.360 e. The van der Waals surface area contributed by atoms with Crippen LogP contribution in [0.25, 0.3) is 0 Å². The molecular weight excluding hydrogens is 276 g/mol. The highest BCUT2D eigenvalue weighted by atomic mass is 35.5. The molecule has 2 aliphatic rings. The van der Waals surface area contributed by atoms with Crippen molar-refractivity contribution < 1.29 is 0 Å². The van der Waals surface area contributed by atoms with Crippen LogP contribution in [-0.2, 0) is 6.54 Å². The summed E-state index contributed by atoms with van der Waals surface area (Å²) in [6.07, 6.45) is 5.49. The van der Waals surface area contributed by atoms with Crippen molar-refractivity contribution in [3.8, 4) is 0 Å². The minimum Gasteiger partial charge on any atom is -0.360 e. The molecule has 0 radical (unpaired) electrons. The van der Waals surface area contributed by atoms with Crippen molar-refractivity contribution in [1.82, 2.24) is 10.6 Å². The monoisotopic (exact) mass is 294 g/mol. The molecule has 102 valence electrons. The van der Waals surface area contributed by atoms with Crippen molar-refractivity contribution in [3.63, 3.8) is 0 Å². The number of nitrogens with one attached hydrogen (secondary N) is 2. The Labute approximate surface area is 124 Å². The summed E-state index contributed by atoms with van der Waals surface area (Å²) in [6.45, 7) is 0.729. The highest BCUT2D eigenvalue weighted by Gasteiger charge is 2.39. The van der Waals surface area contributed by atoms with Gasteiger partial charge in [-0.1, -0.05) is 30.2 Å². The minimum atomic E-state index is 0.595. The number of halogens is 1. The summed E-state index contributed by atoms with van der Waals surface area (Å²) >= 11 is 11.3. The maximum absolute atomic E-state index is 5.96. The molecule has 3 rings (SSSR count). The Hall–Kier alpha value is -0.800. The minimum absolute atomic E-state index is 0.595. The zero-order valence-corrected chi connectivity index (χ0v) is 12.4. The molecule has 0 aliphatic heterocycles. The zero-order valence-electron chi connectivity index (χ0n) is 10.9. The van der Waals surface area contributed by atoms with Crippen LogP contribution in [0, 0.1) is 11.8 Å². The summed E-state index contributed by atoms with van der Waals surface area (Å²) in [7, 11) is 0. The highest BCUT2D eigenvalue weighted by molar-refractivity contribution is 7.80. The van der Waals surface area contributed by atoms with Gasteiger partial charge >= 0.3 is 0 Å². The van der Waals surface area contributed by atoms with E-state index in [1.165, 1.54) is 25.7 Å². The Morgan fingerprint density at radius 3 is 2.89 bits per heavy atom. The fourth-order valence-corrected chi connectivity index (χ4v) is 3.91. The molecule has 0 unspecified atom stereocenters. The molecule has 4 heteroatoms. The molecule has 19 heavy (non-hydrogen) atoms. The van der Waals surface area contributed by atoms with Crippen molar-refractivity contribution in [1.29, 1.82) is 0 Å². The molecule has 2 fully saturated rings. The van der Waals surface area contributed by atoms with E-state index in [9.17, 15) is 0 Å². The Bertz CT molecular complexity index is 477. The van der Waals surface area contributed by atoms with Gasteiger partial charge in [0.1, 0.15) is 0 Å². The molecule has 1 aromatic rings. The zero-order chi connectivity index (χ0) is 13.2. The van der Waals surface area contributed by atoms with Gasteiger partial charge in [0.2, 0.25) is 0 Å². The highest BCUT2D eigenvalue weighted by Crippen LogP contribution is 2.44. The molecule has 2 N–H and O–H groups in total. The van der Waals surface area contributed by atoms with E-state index in [2.05, 4.69) is 16.7 Å². The SMILES string of the molecule is S=C(NCc1cccc(Cl)c1)N[C@H]1C[C@@H]2CC[C@@H]1C2. The van der Waals surface area contributed by atoms with Crippen LogP contribution in [0.1, 0.15) is 31.2 Å². The Kier molecular flexibility index (Phi) is 3.94. The predicted molar refractivity (Wildman–Crippen MR) is 83.3 cm³/mol. The predicted octanol–water partition coefficient (Wildman–Crippen LogP) is 3.49. The third-order valence-electron chi connectivity index (χ3n) is 4.40. The number of hydrogen-bond acceptors (Lipinski definition) is 1. The smallest absolute Gasteiger partial charge is 0.166 e. The van der Waals surface area contributed by atoms with E-state index in [4.69, 9.17) is 23.8 Å². The van der Waals surface area contributed by atoms with Gasteiger partial charge in [-0.15, -0.1) is 0 Å². The summed E-state index contributed by atoms with van der Waals surface area (Å²) < 4.78 is 0. The van der Waals surface area contributed by atoms with Crippen molar-refractivity contribution >= 4 is 28.9 Å².